The summed E-state index contributed by atoms with van der Waals surface area (Å²) in [5.41, 5.74) is 1.86. The van der Waals surface area contributed by atoms with Crippen molar-refractivity contribution >= 4 is 5.91 Å². The number of carbonyl (C=O) groups is 1. The third kappa shape index (κ3) is 5.22. The Labute approximate surface area is 149 Å². The van der Waals surface area contributed by atoms with E-state index < -0.39 is 0 Å². The standard InChI is InChI=1S/C20H26N2O3/c1-4-17(21-13-15-9-5-7-11-18(15)23)16-10-6-8-12-19(16)25-14-20(24)22(2)3/h5-12,17,21,23H,4,13-14H2,1-3H3. The number of hydrogen-bond donors (Lipinski definition) is 2. The van der Waals surface area contributed by atoms with Crippen molar-refractivity contribution in [3.63, 3.8) is 0 Å². The fraction of sp³-hybridized carbons (Fsp3) is 0.350. The molecule has 0 radical (unpaired) electrons. The minimum atomic E-state index is -0.0787. The molecule has 1 amide bonds. The first-order valence-corrected chi connectivity index (χ1v) is 8.45. The van der Waals surface area contributed by atoms with Crippen molar-refractivity contribution in [3.05, 3.63) is 59.7 Å². The molecular formula is C20H26N2O3. The van der Waals surface area contributed by atoms with E-state index in [9.17, 15) is 9.90 Å². The highest BCUT2D eigenvalue weighted by Gasteiger charge is 2.16. The summed E-state index contributed by atoms with van der Waals surface area (Å²) in [5, 5.41) is 13.4. The minimum absolute atomic E-state index is 0.0138. The summed E-state index contributed by atoms with van der Waals surface area (Å²) in [6, 6.07) is 15.1. The maximum absolute atomic E-state index is 11.8. The van der Waals surface area contributed by atoms with Crippen molar-refractivity contribution in [2.24, 2.45) is 0 Å². The molecule has 25 heavy (non-hydrogen) atoms. The Morgan fingerprint density at radius 2 is 1.84 bits per heavy atom. The van der Waals surface area contributed by atoms with Crippen molar-refractivity contribution in [1.29, 1.82) is 0 Å². The third-order valence-corrected chi connectivity index (χ3v) is 4.08. The van der Waals surface area contributed by atoms with Gasteiger partial charge in [0.2, 0.25) is 0 Å². The summed E-state index contributed by atoms with van der Waals surface area (Å²) >= 11 is 0. The first-order chi connectivity index (χ1) is 12.0. The molecule has 2 aromatic rings. The molecule has 1 unspecified atom stereocenters. The van der Waals surface area contributed by atoms with E-state index in [2.05, 4.69) is 12.2 Å². The number of benzene rings is 2. The second kappa shape index (κ2) is 9.08. The summed E-state index contributed by atoms with van der Waals surface area (Å²) in [5.74, 6) is 0.908. The largest absolute Gasteiger partial charge is 0.508 e. The maximum atomic E-state index is 11.8. The zero-order chi connectivity index (χ0) is 18.2. The lowest BCUT2D eigenvalue weighted by Gasteiger charge is -2.21. The first-order valence-electron chi connectivity index (χ1n) is 8.45. The van der Waals surface area contributed by atoms with Crippen molar-refractivity contribution in [2.75, 3.05) is 20.7 Å². The van der Waals surface area contributed by atoms with Crippen LogP contribution in [0.25, 0.3) is 0 Å². The number of hydrogen-bond acceptors (Lipinski definition) is 4. The molecule has 2 N–H and O–H groups in total. The molecule has 0 saturated heterocycles. The molecule has 0 aliphatic rings. The number of amides is 1. The molecule has 0 bridgehead atoms. The van der Waals surface area contributed by atoms with Gasteiger partial charge in [-0.05, 0) is 18.6 Å². The van der Waals surface area contributed by atoms with E-state index >= 15 is 0 Å². The zero-order valence-electron chi connectivity index (χ0n) is 15.0. The molecule has 5 nitrogen and oxygen atoms in total. The van der Waals surface area contributed by atoms with Gasteiger partial charge in [0, 0.05) is 37.8 Å². The van der Waals surface area contributed by atoms with Gasteiger partial charge in [0.05, 0.1) is 0 Å². The average Bonchev–Trinajstić information content (AvgIpc) is 2.62. The van der Waals surface area contributed by atoms with Gasteiger partial charge in [0.15, 0.2) is 6.61 Å². The van der Waals surface area contributed by atoms with E-state index in [4.69, 9.17) is 4.74 Å². The van der Waals surface area contributed by atoms with Crippen molar-refractivity contribution in [2.45, 2.75) is 25.9 Å². The van der Waals surface area contributed by atoms with Crippen molar-refractivity contribution < 1.29 is 14.6 Å². The Morgan fingerprint density at radius 3 is 2.52 bits per heavy atom. The molecule has 2 aromatic carbocycles. The highest BCUT2D eigenvalue weighted by molar-refractivity contribution is 5.77. The number of rotatable bonds is 8. The first kappa shape index (κ1) is 18.8. The minimum Gasteiger partial charge on any atom is -0.508 e. The van der Waals surface area contributed by atoms with Gasteiger partial charge >= 0.3 is 0 Å². The number of aromatic hydroxyl groups is 1. The van der Waals surface area contributed by atoms with Crippen LogP contribution in [0, 0.1) is 0 Å². The van der Waals surface area contributed by atoms with Crippen LogP contribution in [-0.4, -0.2) is 36.6 Å². The van der Waals surface area contributed by atoms with Gasteiger partial charge in [-0.1, -0.05) is 43.3 Å². The molecule has 2 rings (SSSR count). The van der Waals surface area contributed by atoms with Crippen LogP contribution < -0.4 is 10.1 Å². The molecule has 0 aliphatic carbocycles. The van der Waals surface area contributed by atoms with Crippen LogP contribution in [0.3, 0.4) is 0 Å². The lowest BCUT2D eigenvalue weighted by atomic mass is 10.0. The van der Waals surface area contributed by atoms with Crippen LogP contribution in [0.15, 0.2) is 48.5 Å². The van der Waals surface area contributed by atoms with E-state index in [1.807, 2.05) is 36.4 Å². The lowest BCUT2D eigenvalue weighted by molar-refractivity contribution is -0.130. The molecule has 0 aliphatic heterocycles. The van der Waals surface area contributed by atoms with Gasteiger partial charge in [-0.2, -0.15) is 0 Å². The van der Waals surface area contributed by atoms with Crippen molar-refractivity contribution in [3.8, 4) is 11.5 Å². The van der Waals surface area contributed by atoms with Gasteiger partial charge in [0.25, 0.3) is 5.91 Å². The fourth-order valence-electron chi connectivity index (χ4n) is 2.54. The smallest absolute Gasteiger partial charge is 0.259 e. The predicted octanol–water partition coefficient (Wildman–Crippen LogP) is 3.10. The van der Waals surface area contributed by atoms with E-state index in [0.717, 1.165) is 17.5 Å². The van der Waals surface area contributed by atoms with E-state index in [1.54, 1.807) is 26.2 Å². The fourth-order valence-corrected chi connectivity index (χ4v) is 2.54. The quantitative estimate of drug-likeness (QED) is 0.774. The molecule has 1 atom stereocenters. The number of carbonyl (C=O) groups excluding carboxylic acids is 1. The number of likely N-dealkylation sites (N-methyl/N-ethyl adjacent to an activating group) is 1. The Kier molecular flexibility index (Phi) is 6.83. The average molecular weight is 342 g/mol. The zero-order valence-corrected chi connectivity index (χ0v) is 15.0. The van der Waals surface area contributed by atoms with Crippen molar-refractivity contribution in [1.82, 2.24) is 10.2 Å². The van der Waals surface area contributed by atoms with Gasteiger partial charge in [0.1, 0.15) is 11.5 Å². The highest BCUT2D eigenvalue weighted by Crippen LogP contribution is 2.28. The van der Waals surface area contributed by atoms with Gasteiger partial charge in [-0.3, -0.25) is 4.79 Å². The second-order valence-electron chi connectivity index (χ2n) is 6.09. The molecule has 5 heteroatoms. The van der Waals surface area contributed by atoms with Gasteiger partial charge in [-0.15, -0.1) is 0 Å². The second-order valence-corrected chi connectivity index (χ2v) is 6.09. The summed E-state index contributed by atoms with van der Waals surface area (Å²) < 4.78 is 5.74. The predicted molar refractivity (Wildman–Crippen MR) is 98.6 cm³/mol. The van der Waals surface area contributed by atoms with Gasteiger partial charge in [-0.25, -0.2) is 0 Å². The summed E-state index contributed by atoms with van der Waals surface area (Å²) in [7, 11) is 3.42. The molecule has 0 fully saturated rings. The van der Waals surface area contributed by atoms with E-state index in [-0.39, 0.29) is 24.3 Å². The number of ether oxygens (including phenoxy) is 1. The normalized spacial score (nSPS) is 11.8. The van der Waals surface area contributed by atoms with Crippen LogP contribution in [0.4, 0.5) is 0 Å². The summed E-state index contributed by atoms with van der Waals surface area (Å²) in [6.07, 6.45) is 0.857. The van der Waals surface area contributed by atoms with Crippen LogP contribution in [0.2, 0.25) is 0 Å². The Morgan fingerprint density at radius 1 is 1.16 bits per heavy atom. The van der Waals surface area contributed by atoms with Gasteiger partial charge < -0.3 is 20.1 Å². The number of para-hydroxylation sites is 2. The molecule has 0 aromatic heterocycles. The summed E-state index contributed by atoms with van der Waals surface area (Å²) in [4.78, 5) is 13.3. The number of nitrogens with one attached hydrogen (secondary N) is 1. The Balaban J connectivity index is 2.09. The molecule has 134 valence electrons. The maximum Gasteiger partial charge on any atom is 0.259 e. The molecule has 0 spiro atoms. The SMILES string of the molecule is CCC(NCc1ccccc1O)c1ccccc1OCC(=O)N(C)C. The Bertz CT molecular complexity index is 701. The lowest BCUT2D eigenvalue weighted by Crippen LogP contribution is -2.28. The summed E-state index contributed by atoms with van der Waals surface area (Å²) in [6.45, 7) is 2.65. The topological polar surface area (TPSA) is 61.8 Å². The number of nitrogens with zero attached hydrogens (tertiary/aromatic N) is 1. The molecule has 0 saturated carbocycles. The molecule has 0 heterocycles. The molecular weight excluding hydrogens is 316 g/mol. The number of phenols is 1. The Hall–Kier alpha value is -2.53. The van der Waals surface area contributed by atoms with Crippen LogP contribution >= 0.6 is 0 Å². The monoisotopic (exact) mass is 342 g/mol. The van der Waals surface area contributed by atoms with Crippen LogP contribution in [0.5, 0.6) is 11.5 Å². The highest BCUT2D eigenvalue weighted by atomic mass is 16.5. The third-order valence-electron chi connectivity index (χ3n) is 4.08. The van der Waals surface area contributed by atoms with Crippen LogP contribution in [0.1, 0.15) is 30.5 Å². The van der Waals surface area contributed by atoms with E-state index in [1.165, 1.54) is 4.90 Å². The number of phenolic OH excluding ortho intramolecular Hbond substituents is 1. The van der Waals surface area contributed by atoms with E-state index in [0.29, 0.717) is 12.3 Å². The van der Waals surface area contributed by atoms with Crippen LogP contribution in [-0.2, 0) is 11.3 Å².